The zero-order valence-corrected chi connectivity index (χ0v) is 17.9. The number of imidazole rings is 1. The topological polar surface area (TPSA) is 146 Å². The molecule has 0 aliphatic heterocycles. The van der Waals surface area contributed by atoms with Gasteiger partial charge in [0.05, 0.1) is 6.33 Å². The van der Waals surface area contributed by atoms with Gasteiger partial charge in [0.2, 0.25) is 5.91 Å². The van der Waals surface area contributed by atoms with Crippen molar-refractivity contribution in [3.8, 4) is 0 Å². The highest BCUT2D eigenvalue weighted by molar-refractivity contribution is 5.95. The first-order valence-corrected chi connectivity index (χ1v) is 9.57. The number of esters is 1. The highest BCUT2D eigenvalue weighted by atomic mass is 16.5. The highest BCUT2D eigenvalue weighted by Gasteiger charge is 2.21. The van der Waals surface area contributed by atoms with Crippen molar-refractivity contribution >= 4 is 40.3 Å². The molecule has 3 rings (SSSR count). The first-order valence-electron chi connectivity index (χ1n) is 9.57. The second-order valence-corrected chi connectivity index (χ2v) is 7.13. The SMILES string of the molecule is CC(=O)Nc1ccc(NC(=O)C(C)OC(=O)Cn2cnc3c2c(=O)n(C)c(=O)n3C)cc1. The molecule has 1 unspecified atom stereocenters. The van der Waals surface area contributed by atoms with Gasteiger partial charge in [0.25, 0.3) is 11.5 Å². The molecule has 2 aromatic heterocycles. The van der Waals surface area contributed by atoms with E-state index >= 15 is 0 Å². The van der Waals surface area contributed by atoms with Crippen molar-refractivity contribution in [1.82, 2.24) is 18.7 Å². The molecule has 0 fully saturated rings. The minimum absolute atomic E-state index is 0.0721. The molecule has 0 aliphatic rings. The first kappa shape index (κ1) is 22.5. The van der Waals surface area contributed by atoms with Crippen LogP contribution < -0.4 is 21.9 Å². The lowest BCUT2D eigenvalue weighted by Gasteiger charge is -2.14. The normalized spacial score (nSPS) is 11.8. The zero-order chi connectivity index (χ0) is 23.6. The number of fused-ring (bicyclic) bond motifs is 1. The van der Waals surface area contributed by atoms with Crippen LogP contribution in [0.2, 0.25) is 0 Å². The van der Waals surface area contributed by atoms with Gasteiger partial charge >= 0.3 is 11.7 Å². The Balaban J connectivity index is 1.66. The Bertz CT molecular complexity index is 1320. The van der Waals surface area contributed by atoms with Crippen LogP contribution in [0.3, 0.4) is 0 Å². The molecule has 1 atom stereocenters. The quantitative estimate of drug-likeness (QED) is 0.509. The molecule has 12 heteroatoms. The fraction of sp³-hybridized carbons (Fsp3) is 0.300. The summed E-state index contributed by atoms with van der Waals surface area (Å²) >= 11 is 0. The van der Waals surface area contributed by atoms with Gasteiger partial charge in [0.15, 0.2) is 17.3 Å². The molecule has 0 saturated carbocycles. The number of nitrogens with one attached hydrogen (secondary N) is 2. The average molecular weight is 442 g/mol. The summed E-state index contributed by atoms with van der Waals surface area (Å²) in [4.78, 5) is 64.2. The van der Waals surface area contributed by atoms with Gasteiger partial charge in [-0.3, -0.25) is 28.3 Å². The summed E-state index contributed by atoms with van der Waals surface area (Å²) in [6.07, 6.45) is 0.146. The van der Waals surface area contributed by atoms with E-state index in [2.05, 4.69) is 15.6 Å². The number of hydrogen-bond donors (Lipinski definition) is 2. The van der Waals surface area contributed by atoms with Crippen molar-refractivity contribution in [1.29, 1.82) is 0 Å². The van der Waals surface area contributed by atoms with E-state index in [-0.39, 0.29) is 23.6 Å². The summed E-state index contributed by atoms with van der Waals surface area (Å²) in [6, 6.07) is 6.42. The molecule has 2 N–H and O–H groups in total. The maximum Gasteiger partial charge on any atom is 0.332 e. The standard InChI is InChI=1S/C20H22N6O6/c1-11(18(29)23-14-7-5-13(6-8-14)22-12(2)27)32-15(28)9-26-10-21-17-16(26)19(30)25(4)20(31)24(17)3/h5-8,10-11H,9H2,1-4H3,(H,22,27)(H,23,29). The summed E-state index contributed by atoms with van der Waals surface area (Å²) < 4.78 is 8.56. The lowest BCUT2D eigenvalue weighted by molar-refractivity contribution is -0.153. The molecule has 0 aliphatic carbocycles. The number of amides is 2. The summed E-state index contributed by atoms with van der Waals surface area (Å²) in [7, 11) is 2.80. The molecule has 1 aromatic carbocycles. The fourth-order valence-electron chi connectivity index (χ4n) is 3.03. The van der Waals surface area contributed by atoms with Crippen LogP contribution in [-0.2, 0) is 39.8 Å². The number of aryl methyl sites for hydroxylation is 1. The van der Waals surface area contributed by atoms with E-state index in [0.717, 1.165) is 4.57 Å². The Morgan fingerprint density at radius 3 is 2.22 bits per heavy atom. The lowest BCUT2D eigenvalue weighted by atomic mass is 10.2. The number of aromatic nitrogens is 4. The second kappa shape index (κ2) is 8.88. The average Bonchev–Trinajstić information content (AvgIpc) is 3.15. The van der Waals surface area contributed by atoms with Crippen LogP contribution in [0.5, 0.6) is 0 Å². The monoisotopic (exact) mass is 442 g/mol. The Hall–Kier alpha value is -4.22. The Morgan fingerprint density at radius 1 is 1.03 bits per heavy atom. The predicted molar refractivity (Wildman–Crippen MR) is 115 cm³/mol. The molecule has 0 spiro atoms. The number of ether oxygens (including phenoxy) is 1. The Labute approximate surface area is 181 Å². The third-order valence-electron chi connectivity index (χ3n) is 4.67. The molecular formula is C20H22N6O6. The van der Waals surface area contributed by atoms with Crippen molar-refractivity contribution in [2.24, 2.45) is 14.1 Å². The fourth-order valence-corrected chi connectivity index (χ4v) is 3.03. The van der Waals surface area contributed by atoms with Crippen LogP contribution in [0.1, 0.15) is 13.8 Å². The second-order valence-electron chi connectivity index (χ2n) is 7.13. The molecule has 3 aromatic rings. The number of rotatable bonds is 6. The minimum Gasteiger partial charge on any atom is -0.451 e. The highest BCUT2D eigenvalue weighted by Crippen LogP contribution is 2.14. The van der Waals surface area contributed by atoms with Gasteiger partial charge in [-0.15, -0.1) is 0 Å². The van der Waals surface area contributed by atoms with Gasteiger partial charge in [-0.2, -0.15) is 0 Å². The molecule has 2 heterocycles. The minimum atomic E-state index is -1.11. The van der Waals surface area contributed by atoms with E-state index in [1.807, 2.05) is 0 Å². The number of hydrogen-bond acceptors (Lipinski definition) is 7. The van der Waals surface area contributed by atoms with Crippen molar-refractivity contribution in [2.75, 3.05) is 10.6 Å². The van der Waals surface area contributed by atoms with Crippen molar-refractivity contribution in [3.05, 3.63) is 51.4 Å². The molecule has 0 bridgehead atoms. The Kier molecular flexibility index (Phi) is 6.23. The summed E-state index contributed by atoms with van der Waals surface area (Å²) in [5, 5.41) is 5.22. The van der Waals surface area contributed by atoms with E-state index in [0.29, 0.717) is 11.4 Å². The van der Waals surface area contributed by atoms with Crippen molar-refractivity contribution in [2.45, 2.75) is 26.5 Å². The lowest BCUT2D eigenvalue weighted by Crippen LogP contribution is -2.38. The third kappa shape index (κ3) is 4.58. The largest absolute Gasteiger partial charge is 0.451 e. The van der Waals surface area contributed by atoms with Gasteiger partial charge in [-0.05, 0) is 31.2 Å². The van der Waals surface area contributed by atoms with Gasteiger partial charge in [-0.1, -0.05) is 0 Å². The van der Waals surface area contributed by atoms with Crippen LogP contribution in [0.25, 0.3) is 11.2 Å². The molecule has 32 heavy (non-hydrogen) atoms. The van der Waals surface area contributed by atoms with Crippen LogP contribution in [0.4, 0.5) is 11.4 Å². The van der Waals surface area contributed by atoms with Crippen LogP contribution in [0, 0.1) is 0 Å². The van der Waals surface area contributed by atoms with Crippen LogP contribution >= 0.6 is 0 Å². The molecule has 0 saturated heterocycles. The van der Waals surface area contributed by atoms with Crippen molar-refractivity contribution < 1.29 is 19.1 Å². The van der Waals surface area contributed by atoms with Gasteiger partial charge in [-0.25, -0.2) is 9.78 Å². The van der Waals surface area contributed by atoms with E-state index in [4.69, 9.17) is 4.74 Å². The molecule has 0 radical (unpaired) electrons. The van der Waals surface area contributed by atoms with Gasteiger partial charge < -0.3 is 19.9 Å². The van der Waals surface area contributed by atoms with E-state index in [1.165, 1.54) is 43.4 Å². The van der Waals surface area contributed by atoms with Crippen molar-refractivity contribution in [3.63, 3.8) is 0 Å². The maximum absolute atomic E-state index is 12.4. The first-order chi connectivity index (χ1) is 15.1. The van der Waals surface area contributed by atoms with Crippen LogP contribution in [-0.4, -0.2) is 42.6 Å². The van der Waals surface area contributed by atoms with E-state index in [9.17, 15) is 24.0 Å². The Morgan fingerprint density at radius 2 is 1.62 bits per heavy atom. The maximum atomic E-state index is 12.4. The van der Waals surface area contributed by atoms with E-state index < -0.39 is 29.2 Å². The smallest absolute Gasteiger partial charge is 0.332 e. The zero-order valence-electron chi connectivity index (χ0n) is 17.9. The van der Waals surface area contributed by atoms with Gasteiger partial charge in [0, 0.05) is 32.4 Å². The predicted octanol–water partition coefficient (Wildman–Crippen LogP) is -0.0375. The number of carbonyl (C=O) groups excluding carboxylic acids is 3. The van der Waals surface area contributed by atoms with Crippen LogP contribution in [0.15, 0.2) is 40.2 Å². The molecule has 168 valence electrons. The molecular weight excluding hydrogens is 420 g/mol. The molecule has 2 amide bonds. The summed E-state index contributed by atoms with van der Waals surface area (Å²) in [5.74, 6) is -1.53. The number of benzene rings is 1. The summed E-state index contributed by atoms with van der Waals surface area (Å²) in [5.41, 5.74) is 0.109. The third-order valence-corrected chi connectivity index (χ3v) is 4.67. The summed E-state index contributed by atoms with van der Waals surface area (Å²) in [6.45, 7) is 2.43. The number of carbonyl (C=O) groups is 3. The van der Waals surface area contributed by atoms with Gasteiger partial charge in [0.1, 0.15) is 6.54 Å². The molecule has 12 nitrogen and oxygen atoms in total. The van der Waals surface area contributed by atoms with E-state index in [1.54, 1.807) is 24.3 Å². The number of nitrogens with zero attached hydrogens (tertiary/aromatic N) is 4. The number of anilines is 2.